The number of carbonyl (C=O) groups excluding carboxylic acids is 1. The number of carbonyl (C=O) groups is 1. The van der Waals surface area contributed by atoms with Gasteiger partial charge < -0.3 is 9.84 Å². The van der Waals surface area contributed by atoms with Crippen LogP contribution in [0.2, 0.25) is 0 Å². The van der Waals surface area contributed by atoms with Crippen LogP contribution in [0.1, 0.15) is 19.8 Å². The van der Waals surface area contributed by atoms with E-state index in [2.05, 4.69) is 0 Å². The van der Waals surface area contributed by atoms with Gasteiger partial charge in [0, 0.05) is 6.54 Å². The van der Waals surface area contributed by atoms with Gasteiger partial charge in [-0.25, -0.2) is 0 Å². The Morgan fingerprint density at radius 1 is 1.64 bits per heavy atom. The Morgan fingerprint density at radius 3 is 2.79 bits per heavy atom. The molecular formula is C10H19NO3. The number of hydrogen-bond donors (Lipinski definition) is 1. The molecule has 0 aromatic carbocycles. The SMILES string of the molecule is CCOC(=O)CN(C)CC(O)C1CC1. The molecule has 4 heteroatoms. The first-order valence-electron chi connectivity index (χ1n) is 5.15. The molecule has 1 fully saturated rings. The van der Waals surface area contributed by atoms with Crippen LogP contribution in [-0.2, 0) is 9.53 Å². The van der Waals surface area contributed by atoms with Crippen molar-refractivity contribution in [2.24, 2.45) is 5.92 Å². The van der Waals surface area contributed by atoms with Crippen molar-refractivity contribution in [3.05, 3.63) is 0 Å². The Kier molecular flexibility index (Phi) is 4.35. The van der Waals surface area contributed by atoms with Gasteiger partial charge in [0.05, 0.1) is 19.3 Å². The van der Waals surface area contributed by atoms with Crippen molar-refractivity contribution in [1.29, 1.82) is 0 Å². The minimum absolute atomic E-state index is 0.224. The van der Waals surface area contributed by atoms with Crippen LogP contribution in [0, 0.1) is 5.92 Å². The summed E-state index contributed by atoms with van der Waals surface area (Å²) in [5, 5.41) is 9.61. The van der Waals surface area contributed by atoms with Crippen LogP contribution in [0.25, 0.3) is 0 Å². The monoisotopic (exact) mass is 201 g/mol. The molecule has 0 aliphatic heterocycles. The topological polar surface area (TPSA) is 49.8 Å². The molecule has 14 heavy (non-hydrogen) atoms. The molecule has 0 bridgehead atoms. The molecule has 0 aromatic heterocycles. The third kappa shape index (κ3) is 4.07. The van der Waals surface area contributed by atoms with Gasteiger partial charge in [0.2, 0.25) is 0 Å². The molecule has 1 N–H and O–H groups in total. The van der Waals surface area contributed by atoms with Crippen molar-refractivity contribution in [1.82, 2.24) is 4.90 Å². The predicted octanol–water partition coefficient (Wildman–Crippen LogP) is 0.252. The molecule has 0 spiro atoms. The van der Waals surface area contributed by atoms with E-state index in [0.29, 0.717) is 19.1 Å². The number of aliphatic hydroxyl groups excluding tert-OH is 1. The molecule has 1 rings (SSSR count). The number of esters is 1. The highest BCUT2D eigenvalue weighted by molar-refractivity contribution is 5.71. The van der Waals surface area contributed by atoms with Crippen LogP contribution in [0.3, 0.4) is 0 Å². The van der Waals surface area contributed by atoms with E-state index >= 15 is 0 Å². The first-order valence-corrected chi connectivity index (χ1v) is 5.15. The number of likely N-dealkylation sites (N-methyl/N-ethyl adjacent to an activating group) is 1. The summed E-state index contributed by atoms with van der Waals surface area (Å²) in [5.41, 5.74) is 0. The second-order valence-electron chi connectivity index (χ2n) is 3.91. The number of nitrogens with zero attached hydrogens (tertiary/aromatic N) is 1. The van der Waals surface area contributed by atoms with E-state index in [9.17, 15) is 9.90 Å². The maximum absolute atomic E-state index is 11.1. The summed E-state index contributed by atoms with van der Waals surface area (Å²) >= 11 is 0. The number of hydrogen-bond acceptors (Lipinski definition) is 4. The standard InChI is InChI=1S/C10H19NO3/c1-3-14-10(13)7-11(2)6-9(12)8-4-5-8/h8-9,12H,3-7H2,1-2H3. The van der Waals surface area contributed by atoms with Gasteiger partial charge in [-0.05, 0) is 32.7 Å². The third-order valence-corrected chi connectivity index (χ3v) is 2.37. The average Bonchev–Trinajstić information content (AvgIpc) is 2.85. The van der Waals surface area contributed by atoms with Crippen molar-refractivity contribution in [2.75, 3.05) is 26.7 Å². The normalized spacial score (nSPS) is 18.3. The average molecular weight is 201 g/mol. The molecule has 0 radical (unpaired) electrons. The minimum Gasteiger partial charge on any atom is -0.465 e. The summed E-state index contributed by atoms with van der Waals surface area (Å²) in [6, 6.07) is 0. The van der Waals surface area contributed by atoms with Crippen LogP contribution >= 0.6 is 0 Å². The Labute approximate surface area is 84.8 Å². The molecule has 1 aliphatic carbocycles. The maximum Gasteiger partial charge on any atom is 0.320 e. The molecule has 1 atom stereocenters. The summed E-state index contributed by atoms with van der Waals surface area (Å²) < 4.78 is 4.81. The van der Waals surface area contributed by atoms with Crippen LogP contribution in [-0.4, -0.2) is 48.8 Å². The molecule has 0 amide bonds. The predicted molar refractivity (Wildman–Crippen MR) is 52.9 cm³/mol. The van der Waals surface area contributed by atoms with Crippen LogP contribution in [0.15, 0.2) is 0 Å². The number of ether oxygens (including phenoxy) is 1. The van der Waals surface area contributed by atoms with Gasteiger partial charge in [0.25, 0.3) is 0 Å². The molecule has 1 aliphatic rings. The minimum atomic E-state index is -0.283. The zero-order chi connectivity index (χ0) is 10.6. The maximum atomic E-state index is 11.1. The van der Waals surface area contributed by atoms with E-state index in [-0.39, 0.29) is 18.6 Å². The quantitative estimate of drug-likeness (QED) is 0.626. The van der Waals surface area contributed by atoms with Crippen LogP contribution in [0.5, 0.6) is 0 Å². The highest BCUT2D eigenvalue weighted by atomic mass is 16.5. The lowest BCUT2D eigenvalue weighted by atomic mass is 10.2. The van der Waals surface area contributed by atoms with E-state index < -0.39 is 0 Å². The van der Waals surface area contributed by atoms with Gasteiger partial charge in [-0.3, -0.25) is 9.69 Å². The van der Waals surface area contributed by atoms with Gasteiger partial charge in [-0.1, -0.05) is 0 Å². The highest BCUT2D eigenvalue weighted by Crippen LogP contribution is 2.32. The third-order valence-electron chi connectivity index (χ3n) is 2.37. The summed E-state index contributed by atoms with van der Waals surface area (Å²) in [5.74, 6) is 0.234. The summed E-state index contributed by atoms with van der Waals surface area (Å²) in [6.45, 7) is 3.02. The fourth-order valence-electron chi connectivity index (χ4n) is 1.44. The Balaban J connectivity index is 2.13. The van der Waals surface area contributed by atoms with Crippen molar-refractivity contribution < 1.29 is 14.6 Å². The van der Waals surface area contributed by atoms with E-state index in [0.717, 1.165) is 12.8 Å². The van der Waals surface area contributed by atoms with Gasteiger partial charge in [-0.2, -0.15) is 0 Å². The second-order valence-corrected chi connectivity index (χ2v) is 3.91. The smallest absolute Gasteiger partial charge is 0.320 e. The molecule has 1 saturated carbocycles. The lowest BCUT2D eigenvalue weighted by Crippen LogP contribution is -2.34. The van der Waals surface area contributed by atoms with Gasteiger partial charge in [0.15, 0.2) is 0 Å². The molecule has 0 saturated heterocycles. The molecule has 4 nitrogen and oxygen atoms in total. The Bertz CT molecular complexity index is 192. The molecule has 1 unspecified atom stereocenters. The first-order chi connectivity index (χ1) is 6.63. The largest absolute Gasteiger partial charge is 0.465 e. The zero-order valence-corrected chi connectivity index (χ0v) is 8.90. The molecule has 0 aromatic rings. The van der Waals surface area contributed by atoms with Crippen molar-refractivity contribution in [2.45, 2.75) is 25.9 Å². The lowest BCUT2D eigenvalue weighted by molar-refractivity contribution is -0.144. The van der Waals surface area contributed by atoms with Gasteiger partial charge in [-0.15, -0.1) is 0 Å². The van der Waals surface area contributed by atoms with E-state index in [4.69, 9.17) is 4.74 Å². The van der Waals surface area contributed by atoms with Gasteiger partial charge in [0.1, 0.15) is 0 Å². The lowest BCUT2D eigenvalue weighted by Gasteiger charge is -2.19. The van der Waals surface area contributed by atoms with Crippen molar-refractivity contribution >= 4 is 5.97 Å². The summed E-state index contributed by atoms with van der Waals surface area (Å²) in [7, 11) is 1.82. The number of aliphatic hydroxyl groups is 1. The van der Waals surface area contributed by atoms with Crippen LogP contribution in [0.4, 0.5) is 0 Å². The second kappa shape index (κ2) is 5.32. The van der Waals surface area contributed by atoms with E-state index in [1.165, 1.54) is 0 Å². The van der Waals surface area contributed by atoms with Crippen LogP contribution < -0.4 is 0 Å². The van der Waals surface area contributed by atoms with Crippen molar-refractivity contribution in [3.8, 4) is 0 Å². The Hall–Kier alpha value is -0.610. The Morgan fingerprint density at radius 2 is 2.29 bits per heavy atom. The van der Waals surface area contributed by atoms with E-state index in [1.807, 2.05) is 7.05 Å². The fourth-order valence-corrected chi connectivity index (χ4v) is 1.44. The zero-order valence-electron chi connectivity index (χ0n) is 8.90. The molecule has 0 heterocycles. The molecular weight excluding hydrogens is 182 g/mol. The fraction of sp³-hybridized carbons (Fsp3) is 0.900. The number of rotatable bonds is 6. The summed E-state index contributed by atoms with van der Waals surface area (Å²) in [4.78, 5) is 12.9. The van der Waals surface area contributed by atoms with E-state index in [1.54, 1.807) is 11.8 Å². The molecule has 82 valence electrons. The highest BCUT2D eigenvalue weighted by Gasteiger charge is 2.30. The summed E-state index contributed by atoms with van der Waals surface area (Å²) in [6.07, 6.45) is 1.96. The van der Waals surface area contributed by atoms with Crippen molar-refractivity contribution in [3.63, 3.8) is 0 Å². The first kappa shape index (κ1) is 11.5. The van der Waals surface area contributed by atoms with Gasteiger partial charge >= 0.3 is 5.97 Å².